The summed E-state index contributed by atoms with van der Waals surface area (Å²) in [6.45, 7) is 0. The van der Waals surface area contributed by atoms with E-state index in [1.54, 1.807) is 35.0 Å². The van der Waals surface area contributed by atoms with E-state index in [0.29, 0.717) is 16.9 Å². The van der Waals surface area contributed by atoms with E-state index in [-0.39, 0.29) is 11.5 Å². The van der Waals surface area contributed by atoms with E-state index in [1.807, 2.05) is 72.8 Å². The lowest BCUT2D eigenvalue weighted by molar-refractivity contribution is -0.118. The summed E-state index contributed by atoms with van der Waals surface area (Å²) in [5.41, 5.74) is 3.77. The number of carbonyl (C=O) groups is 2. The Morgan fingerprint density at radius 3 is 2.15 bits per heavy atom. The Kier molecular flexibility index (Phi) is 5.82. The molecule has 2 heterocycles. The number of anilines is 1. The molecule has 0 fully saturated rings. The molecule has 5 aromatic rings. The summed E-state index contributed by atoms with van der Waals surface area (Å²) in [4.78, 5) is 30.9. The molecular formula is C27H21N5O2. The molecule has 2 aromatic heterocycles. The van der Waals surface area contributed by atoms with Crippen molar-refractivity contribution in [1.29, 1.82) is 0 Å². The van der Waals surface area contributed by atoms with Gasteiger partial charge in [0.25, 0.3) is 11.8 Å². The minimum Gasteiger partial charge on any atom is -0.336 e. The zero-order chi connectivity index (χ0) is 23.3. The maximum Gasteiger partial charge on any atom is 0.257 e. The monoisotopic (exact) mass is 447 g/mol. The first-order valence-electron chi connectivity index (χ1n) is 10.8. The van der Waals surface area contributed by atoms with Gasteiger partial charge in [-0.3, -0.25) is 9.59 Å². The van der Waals surface area contributed by atoms with Gasteiger partial charge in [0.2, 0.25) is 0 Å². The molecule has 7 nitrogen and oxygen atoms in total. The molecule has 7 heteroatoms. The quantitative estimate of drug-likeness (QED) is 0.401. The molecule has 3 aromatic carbocycles. The van der Waals surface area contributed by atoms with Crippen molar-refractivity contribution in [1.82, 2.24) is 19.9 Å². The molecule has 2 amide bonds. The van der Waals surface area contributed by atoms with Crippen molar-refractivity contribution >= 4 is 23.1 Å². The highest BCUT2D eigenvalue weighted by Crippen LogP contribution is 2.22. The van der Waals surface area contributed by atoms with Crippen LogP contribution in [0.15, 0.2) is 109 Å². The summed E-state index contributed by atoms with van der Waals surface area (Å²) in [7, 11) is 0. The van der Waals surface area contributed by atoms with Crippen LogP contribution in [0.2, 0.25) is 0 Å². The number of aromatic nitrogens is 3. The van der Waals surface area contributed by atoms with Gasteiger partial charge in [0.1, 0.15) is 11.6 Å². The molecule has 0 aliphatic heterocycles. The number of nitrogens with one attached hydrogen (secondary N) is 2. The van der Waals surface area contributed by atoms with Crippen LogP contribution >= 0.6 is 0 Å². The largest absolute Gasteiger partial charge is 0.336 e. The van der Waals surface area contributed by atoms with Crippen molar-refractivity contribution in [3.63, 3.8) is 0 Å². The second kappa shape index (κ2) is 9.38. The van der Waals surface area contributed by atoms with Gasteiger partial charge >= 0.3 is 0 Å². The number of carbonyl (C=O) groups excluding carboxylic acids is 2. The molecule has 166 valence electrons. The number of para-hydroxylation sites is 1. The summed E-state index contributed by atoms with van der Waals surface area (Å²) in [5, 5.41) is 10.1. The van der Waals surface area contributed by atoms with Gasteiger partial charge in [-0.15, -0.1) is 0 Å². The number of benzene rings is 3. The van der Waals surface area contributed by atoms with Crippen LogP contribution in [0, 0.1) is 0 Å². The Morgan fingerprint density at radius 1 is 0.794 bits per heavy atom. The van der Waals surface area contributed by atoms with Crippen molar-refractivity contribution < 1.29 is 9.59 Å². The fourth-order valence-corrected chi connectivity index (χ4v) is 3.77. The highest BCUT2D eigenvalue weighted by atomic mass is 16.2. The van der Waals surface area contributed by atoms with Gasteiger partial charge in [-0.2, -0.15) is 5.10 Å². The fourth-order valence-electron chi connectivity index (χ4n) is 3.77. The maximum absolute atomic E-state index is 13.3. The number of rotatable bonds is 6. The lowest BCUT2D eigenvalue weighted by atomic mass is 10.1. The van der Waals surface area contributed by atoms with E-state index in [9.17, 15) is 9.59 Å². The second-order valence-electron chi connectivity index (χ2n) is 7.66. The van der Waals surface area contributed by atoms with Crippen molar-refractivity contribution in [3.8, 4) is 11.3 Å². The topological polar surface area (TPSA) is 88.4 Å². The molecule has 0 saturated carbocycles. The number of fused-ring (bicyclic) bond motifs is 1. The third-order valence-corrected chi connectivity index (χ3v) is 5.43. The van der Waals surface area contributed by atoms with Gasteiger partial charge < -0.3 is 10.6 Å². The first kappa shape index (κ1) is 21.1. The van der Waals surface area contributed by atoms with Crippen molar-refractivity contribution in [2.24, 2.45) is 0 Å². The lowest BCUT2D eigenvalue weighted by Gasteiger charge is -2.18. The zero-order valence-electron chi connectivity index (χ0n) is 18.1. The minimum atomic E-state index is -0.902. The molecule has 0 aliphatic carbocycles. The van der Waals surface area contributed by atoms with Crippen LogP contribution in [-0.2, 0) is 4.79 Å². The average molecular weight is 447 g/mol. The highest BCUT2D eigenvalue weighted by molar-refractivity contribution is 6.04. The number of nitrogens with zero attached hydrogens (tertiary/aromatic N) is 3. The zero-order valence-corrected chi connectivity index (χ0v) is 18.1. The molecule has 34 heavy (non-hydrogen) atoms. The van der Waals surface area contributed by atoms with Crippen molar-refractivity contribution in [3.05, 3.63) is 121 Å². The molecule has 5 rings (SSSR count). The van der Waals surface area contributed by atoms with E-state index in [1.165, 1.54) is 6.20 Å². The lowest BCUT2D eigenvalue weighted by Crippen LogP contribution is -2.37. The Balaban J connectivity index is 1.46. The SMILES string of the molecule is O=C(NC(C(=O)Nc1ccccc1)c1ccccc1)c1cnn2c(-c3ccccc3)ccnc12. The average Bonchev–Trinajstić information content (AvgIpc) is 3.33. The molecule has 0 saturated heterocycles. The Hall–Kier alpha value is -4.78. The summed E-state index contributed by atoms with van der Waals surface area (Å²) in [6.07, 6.45) is 3.12. The molecule has 1 unspecified atom stereocenters. The van der Waals surface area contributed by atoms with Gasteiger partial charge in [-0.1, -0.05) is 78.9 Å². The number of amides is 2. The van der Waals surface area contributed by atoms with Crippen LogP contribution in [0.3, 0.4) is 0 Å². The molecule has 2 N–H and O–H groups in total. The van der Waals surface area contributed by atoms with Crippen LogP contribution in [0.5, 0.6) is 0 Å². The molecular weight excluding hydrogens is 426 g/mol. The van der Waals surface area contributed by atoms with Gasteiger partial charge in [0, 0.05) is 17.4 Å². The van der Waals surface area contributed by atoms with Crippen LogP contribution in [-0.4, -0.2) is 26.4 Å². The number of hydrogen-bond acceptors (Lipinski definition) is 4. The van der Waals surface area contributed by atoms with Crippen LogP contribution < -0.4 is 10.6 Å². The van der Waals surface area contributed by atoms with E-state index in [2.05, 4.69) is 20.7 Å². The van der Waals surface area contributed by atoms with Gasteiger partial charge in [-0.05, 0) is 23.8 Å². The fraction of sp³-hybridized carbons (Fsp3) is 0.0370. The van der Waals surface area contributed by atoms with Crippen molar-refractivity contribution in [2.75, 3.05) is 5.32 Å². The standard InChI is InChI=1S/C27H21N5O2/c33-26(22-18-29-32-23(16-17-28-25(22)32)19-10-4-1-5-11-19)31-24(20-12-6-2-7-13-20)27(34)30-21-14-8-3-9-15-21/h1-18,24H,(H,30,34)(H,31,33). The molecule has 0 spiro atoms. The van der Waals surface area contributed by atoms with E-state index >= 15 is 0 Å². The number of hydrogen-bond donors (Lipinski definition) is 2. The Bertz CT molecular complexity index is 1430. The van der Waals surface area contributed by atoms with E-state index < -0.39 is 11.9 Å². The first-order valence-corrected chi connectivity index (χ1v) is 10.8. The van der Waals surface area contributed by atoms with Crippen molar-refractivity contribution in [2.45, 2.75) is 6.04 Å². The second-order valence-corrected chi connectivity index (χ2v) is 7.66. The predicted molar refractivity (Wildman–Crippen MR) is 130 cm³/mol. The third-order valence-electron chi connectivity index (χ3n) is 5.43. The summed E-state index contributed by atoms with van der Waals surface area (Å²) in [5.74, 6) is -0.787. The van der Waals surface area contributed by atoms with Crippen LogP contribution in [0.25, 0.3) is 16.9 Å². The van der Waals surface area contributed by atoms with Gasteiger partial charge in [0.05, 0.1) is 11.9 Å². The minimum absolute atomic E-state index is 0.284. The Morgan fingerprint density at radius 2 is 1.44 bits per heavy atom. The predicted octanol–water partition coefficient (Wildman–Crippen LogP) is 4.51. The van der Waals surface area contributed by atoms with Gasteiger partial charge in [0.15, 0.2) is 5.65 Å². The van der Waals surface area contributed by atoms with Crippen LogP contribution in [0.4, 0.5) is 5.69 Å². The van der Waals surface area contributed by atoms with E-state index in [0.717, 1.165) is 11.3 Å². The first-order chi connectivity index (χ1) is 16.7. The Labute approximate surface area is 196 Å². The van der Waals surface area contributed by atoms with Gasteiger partial charge in [-0.25, -0.2) is 9.50 Å². The van der Waals surface area contributed by atoms with E-state index in [4.69, 9.17) is 0 Å². The summed E-state index contributed by atoms with van der Waals surface area (Å²) >= 11 is 0. The normalized spacial score (nSPS) is 11.6. The summed E-state index contributed by atoms with van der Waals surface area (Å²) < 4.78 is 1.63. The van der Waals surface area contributed by atoms with Crippen LogP contribution in [0.1, 0.15) is 22.0 Å². The highest BCUT2D eigenvalue weighted by Gasteiger charge is 2.25. The molecule has 0 radical (unpaired) electrons. The smallest absolute Gasteiger partial charge is 0.257 e. The molecule has 1 atom stereocenters. The maximum atomic E-state index is 13.3. The molecule has 0 bridgehead atoms. The third kappa shape index (κ3) is 4.27. The molecule has 0 aliphatic rings. The summed E-state index contributed by atoms with van der Waals surface area (Å²) in [6, 6.07) is 28.9.